The maximum atomic E-state index is 11.6. The summed E-state index contributed by atoms with van der Waals surface area (Å²) in [6.07, 6.45) is 1.35. The Balaban J connectivity index is 2.18. The third-order valence-corrected chi connectivity index (χ3v) is 3.19. The molecule has 1 aliphatic heterocycles. The standard InChI is InChI=1S/C14H19NO3/c1-3-18-14(16)9-13-12-8-11(17-2)5-4-10(12)6-7-15-13/h4-5,8,13,15H,3,6-7,9H2,1-2H3/t13-/m0/s1. The van der Waals surface area contributed by atoms with Crippen molar-refractivity contribution in [3.8, 4) is 5.75 Å². The Labute approximate surface area is 107 Å². The summed E-state index contributed by atoms with van der Waals surface area (Å²) in [5.74, 6) is 0.664. The average Bonchev–Trinajstić information content (AvgIpc) is 2.39. The number of fused-ring (bicyclic) bond motifs is 1. The fourth-order valence-corrected chi connectivity index (χ4v) is 2.31. The first-order chi connectivity index (χ1) is 8.74. The van der Waals surface area contributed by atoms with Crippen molar-refractivity contribution in [2.45, 2.75) is 25.8 Å². The molecule has 0 aromatic heterocycles. The van der Waals surface area contributed by atoms with Crippen molar-refractivity contribution in [1.29, 1.82) is 0 Å². The summed E-state index contributed by atoms with van der Waals surface area (Å²) < 4.78 is 10.2. The van der Waals surface area contributed by atoms with Crippen molar-refractivity contribution in [2.75, 3.05) is 20.3 Å². The molecule has 4 heteroatoms. The highest BCUT2D eigenvalue weighted by Crippen LogP contribution is 2.29. The van der Waals surface area contributed by atoms with Crippen molar-refractivity contribution in [2.24, 2.45) is 0 Å². The second-order valence-electron chi connectivity index (χ2n) is 4.33. The summed E-state index contributed by atoms with van der Waals surface area (Å²) in [4.78, 5) is 11.6. The molecule has 0 radical (unpaired) electrons. The van der Waals surface area contributed by atoms with E-state index in [1.54, 1.807) is 7.11 Å². The minimum atomic E-state index is -0.161. The van der Waals surface area contributed by atoms with E-state index in [9.17, 15) is 4.79 Å². The Bertz CT molecular complexity index is 431. The lowest BCUT2D eigenvalue weighted by Gasteiger charge is -2.26. The van der Waals surface area contributed by atoms with E-state index in [1.807, 2.05) is 19.1 Å². The first-order valence-electron chi connectivity index (χ1n) is 6.30. The number of methoxy groups -OCH3 is 1. The molecule has 0 unspecified atom stereocenters. The van der Waals surface area contributed by atoms with E-state index < -0.39 is 0 Å². The number of esters is 1. The highest BCUT2D eigenvalue weighted by atomic mass is 16.5. The minimum absolute atomic E-state index is 0.0305. The van der Waals surface area contributed by atoms with Gasteiger partial charge >= 0.3 is 5.97 Å². The molecule has 0 bridgehead atoms. The summed E-state index contributed by atoms with van der Waals surface area (Å²) in [5.41, 5.74) is 2.43. The predicted octanol–water partition coefficient (Wildman–Crippen LogP) is 1.84. The largest absolute Gasteiger partial charge is 0.497 e. The van der Waals surface area contributed by atoms with Crippen LogP contribution < -0.4 is 10.1 Å². The van der Waals surface area contributed by atoms with Crippen molar-refractivity contribution in [1.82, 2.24) is 5.32 Å². The van der Waals surface area contributed by atoms with Gasteiger partial charge in [-0.05, 0) is 43.1 Å². The van der Waals surface area contributed by atoms with E-state index in [-0.39, 0.29) is 12.0 Å². The quantitative estimate of drug-likeness (QED) is 0.827. The molecular weight excluding hydrogens is 230 g/mol. The first kappa shape index (κ1) is 12.9. The van der Waals surface area contributed by atoms with Crippen LogP contribution in [0.25, 0.3) is 0 Å². The van der Waals surface area contributed by atoms with E-state index in [4.69, 9.17) is 9.47 Å². The number of carbonyl (C=O) groups is 1. The van der Waals surface area contributed by atoms with Gasteiger partial charge in [-0.1, -0.05) is 6.07 Å². The monoisotopic (exact) mass is 249 g/mol. The molecule has 0 fully saturated rings. The summed E-state index contributed by atoms with van der Waals surface area (Å²) in [6.45, 7) is 3.14. The molecule has 0 spiro atoms. The molecule has 98 valence electrons. The van der Waals surface area contributed by atoms with Gasteiger partial charge in [-0.3, -0.25) is 4.79 Å². The van der Waals surface area contributed by atoms with Gasteiger partial charge in [0.15, 0.2) is 0 Å². The van der Waals surface area contributed by atoms with Crippen molar-refractivity contribution >= 4 is 5.97 Å². The number of benzene rings is 1. The number of hydrogen-bond donors (Lipinski definition) is 1. The zero-order valence-electron chi connectivity index (χ0n) is 10.9. The Morgan fingerprint density at radius 1 is 1.50 bits per heavy atom. The molecule has 0 aliphatic carbocycles. The first-order valence-corrected chi connectivity index (χ1v) is 6.30. The molecular formula is C14H19NO3. The molecule has 2 rings (SSSR count). The molecule has 0 saturated carbocycles. The molecule has 1 atom stereocenters. The Hall–Kier alpha value is -1.55. The topological polar surface area (TPSA) is 47.6 Å². The van der Waals surface area contributed by atoms with E-state index in [2.05, 4.69) is 11.4 Å². The second kappa shape index (κ2) is 5.87. The molecule has 18 heavy (non-hydrogen) atoms. The fourth-order valence-electron chi connectivity index (χ4n) is 2.31. The van der Waals surface area contributed by atoms with Crippen molar-refractivity contribution < 1.29 is 14.3 Å². The van der Waals surface area contributed by atoms with Crippen LogP contribution in [0.15, 0.2) is 18.2 Å². The Morgan fingerprint density at radius 3 is 3.06 bits per heavy atom. The second-order valence-corrected chi connectivity index (χ2v) is 4.33. The zero-order chi connectivity index (χ0) is 13.0. The maximum absolute atomic E-state index is 11.6. The molecule has 1 heterocycles. The third-order valence-electron chi connectivity index (χ3n) is 3.19. The van der Waals surface area contributed by atoms with Gasteiger partial charge in [-0.15, -0.1) is 0 Å². The van der Waals surface area contributed by atoms with Crippen LogP contribution in [0.3, 0.4) is 0 Å². The van der Waals surface area contributed by atoms with Gasteiger partial charge in [-0.2, -0.15) is 0 Å². The van der Waals surface area contributed by atoms with Gasteiger partial charge in [0.25, 0.3) is 0 Å². The third kappa shape index (κ3) is 2.82. The number of rotatable bonds is 4. The van der Waals surface area contributed by atoms with Gasteiger partial charge in [0.05, 0.1) is 20.1 Å². The summed E-state index contributed by atoms with van der Waals surface area (Å²) in [6, 6.07) is 6.08. The van der Waals surface area contributed by atoms with Crippen LogP contribution in [0.5, 0.6) is 5.75 Å². The fraction of sp³-hybridized carbons (Fsp3) is 0.500. The lowest BCUT2D eigenvalue weighted by molar-refractivity contribution is -0.143. The van der Waals surface area contributed by atoms with E-state index in [1.165, 1.54) is 5.56 Å². The minimum Gasteiger partial charge on any atom is -0.497 e. The number of carbonyl (C=O) groups excluding carboxylic acids is 1. The SMILES string of the molecule is CCOC(=O)C[C@@H]1NCCc2ccc(OC)cc21. The molecule has 1 aromatic carbocycles. The molecule has 1 aromatic rings. The average molecular weight is 249 g/mol. The van der Waals surface area contributed by atoms with Crippen LogP contribution in [-0.2, 0) is 16.0 Å². The van der Waals surface area contributed by atoms with Gasteiger partial charge in [0.2, 0.25) is 0 Å². The number of ether oxygens (including phenoxy) is 2. The zero-order valence-corrected chi connectivity index (χ0v) is 10.9. The highest BCUT2D eigenvalue weighted by molar-refractivity contribution is 5.70. The van der Waals surface area contributed by atoms with Crippen molar-refractivity contribution in [3.05, 3.63) is 29.3 Å². The molecule has 1 aliphatic rings. The van der Waals surface area contributed by atoms with Crippen LogP contribution in [0.4, 0.5) is 0 Å². The van der Waals surface area contributed by atoms with Crippen LogP contribution in [0.2, 0.25) is 0 Å². The van der Waals surface area contributed by atoms with Gasteiger partial charge in [-0.25, -0.2) is 0 Å². The Morgan fingerprint density at radius 2 is 2.33 bits per heavy atom. The normalized spacial score (nSPS) is 18.0. The van der Waals surface area contributed by atoms with Gasteiger partial charge in [0, 0.05) is 6.04 Å². The number of hydrogen-bond acceptors (Lipinski definition) is 4. The maximum Gasteiger partial charge on any atom is 0.307 e. The summed E-state index contributed by atoms with van der Waals surface area (Å²) in [5, 5.41) is 3.36. The van der Waals surface area contributed by atoms with Crippen LogP contribution in [0.1, 0.15) is 30.5 Å². The van der Waals surface area contributed by atoms with Crippen LogP contribution in [-0.4, -0.2) is 26.2 Å². The lowest BCUT2D eigenvalue weighted by Crippen LogP contribution is -2.31. The van der Waals surface area contributed by atoms with Crippen LogP contribution in [0, 0.1) is 0 Å². The van der Waals surface area contributed by atoms with Gasteiger partial charge < -0.3 is 14.8 Å². The van der Waals surface area contributed by atoms with Crippen molar-refractivity contribution in [3.63, 3.8) is 0 Å². The van der Waals surface area contributed by atoms with E-state index in [0.717, 1.165) is 24.3 Å². The molecule has 0 amide bonds. The molecule has 0 saturated heterocycles. The Kier molecular flexibility index (Phi) is 4.20. The number of nitrogens with one attached hydrogen (secondary N) is 1. The predicted molar refractivity (Wildman–Crippen MR) is 68.7 cm³/mol. The summed E-state index contributed by atoms with van der Waals surface area (Å²) in [7, 11) is 1.65. The van der Waals surface area contributed by atoms with E-state index in [0.29, 0.717) is 13.0 Å². The highest BCUT2D eigenvalue weighted by Gasteiger charge is 2.23. The smallest absolute Gasteiger partial charge is 0.307 e. The molecule has 4 nitrogen and oxygen atoms in total. The van der Waals surface area contributed by atoms with Crippen LogP contribution >= 0.6 is 0 Å². The van der Waals surface area contributed by atoms with E-state index >= 15 is 0 Å². The lowest BCUT2D eigenvalue weighted by atomic mass is 9.92. The van der Waals surface area contributed by atoms with Gasteiger partial charge in [0.1, 0.15) is 5.75 Å². The molecule has 1 N–H and O–H groups in total. The summed E-state index contributed by atoms with van der Waals surface area (Å²) >= 11 is 0.